The number of hydrogen-bond donors (Lipinski definition) is 1. The summed E-state index contributed by atoms with van der Waals surface area (Å²) < 4.78 is 0. The smallest absolute Gasteiger partial charge is 0.159 e. The number of carbonyl (C=O) groups excluding carboxylic acids is 1. The highest BCUT2D eigenvalue weighted by atomic mass is 16.1. The first-order chi connectivity index (χ1) is 13.7. The Kier molecular flexibility index (Phi) is 6.85. The number of benzene rings is 2. The molecule has 0 spiro atoms. The number of anilines is 1. The molecule has 3 aromatic rings. The monoisotopic (exact) mass is 369 g/mol. The molecule has 0 amide bonds. The Labute approximate surface area is 165 Å². The molecule has 1 heterocycles. The number of nitrogens with zero attached hydrogens (tertiary/aromatic N) is 2. The Hall–Kier alpha value is -3.53. The molecule has 2 bridgehead atoms. The van der Waals surface area contributed by atoms with Crippen molar-refractivity contribution in [1.82, 2.24) is 9.97 Å². The van der Waals surface area contributed by atoms with Crippen LogP contribution in [0.3, 0.4) is 0 Å². The van der Waals surface area contributed by atoms with Gasteiger partial charge in [0, 0.05) is 11.1 Å². The minimum absolute atomic E-state index is 0.583. The summed E-state index contributed by atoms with van der Waals surface area (Å²) in [5, 5.41) is 0. The van der Waals surface area contributed by atoms with Gasteiger partial charge in [-0.05, 0) is 18.3 Å². The van der Waals surface area contributed by atoms with Crippen LogP contribution in [0, 0.1) is 11.8 Å². The second kappa shape index (κ2) is 9.97. The topological polar surface area (TPSA) is 68.9 Å². The molecule has 5 rings (SSSR count). The summed E-state index contributed by atoms with van der Waals surface area (Å²) in [7, 11) is 0. The first-order valence-corrected chi connectivity index (χ1v) is 9.24. The van der Waals surface area contributed by atoms with E-state index in [1.165, 1.54) is 6.42 Å². The highest BCUT2D eigenvalue weighted by Crippen LogP contribution is 2.31. The van der Waals surface area contributed by atoms with Gasteiger partial charge in [-0.25, -0.2) is 9.97 Å². The number of aromatic nitrogens is 2. The van der Waals surface area contributed by atoms with Crippen LogP contribution in [0.4, 0.5) is 5.69 Å². The van der Waals surface area contributed by atoms with Crippen LogP contribution < -0.4 is 5.73 Å². The number of nitrogens with two attached hydrogens (primary N) is 1. The Morgan fingerprint density at radius 2 is 1.29 bits per heavy atom. The molecule has 140 valence electrons. The second-order valence-electron chi connectivity index (χ2n) is 6.57. The largest absolute Gasteiger partial charge is 0.396 e. The lowest BCUT2D eigenvalue weighted by atomic mass is 10.2. The van der Waals surface area contributed by atoms with E-state index in [0.717, 1.165) is 29.2 Å². The summed E-state index contributed by atoms with van der Waals surface area (Å²) in [6.07, 6.45) is 14.6. The molecule has 2 aliphatic rings. The van der Waals surface area contributed by atoms with Gasteiger partial charge in [0.2, 0.25) is 0 Å². The van der Waals surface area contributed by atoms with E-state index < -0.39 is 0 Å². The van der Waals surface area contributed by atoms with Crippen molar-refractivity contribution < 1.29 is 4.79 Å². The number of fused-ring (bicyclic) bond motifs is 2. The lowest BCUT2D eigenvalue weighted by Gasteiger charge is -1.98. The summed E-state index contributed by atoms with van der Waals surface area (Å²) in [6, 6.07) is 18.9. The fourth-order valence-electron chi connectivity index (χ4n) is 2.93. The van der Waals surface area contributed by atoms with Gasteiger partial charge in [-0.3, -0.25) is 4.79 Å². The highest BCUT2D eigenvalue weighted by molar-refractivity contribution is 5.74. The van der Waals surface area contributed by atoms with Crippen LogP contribution in [0.1, 0.15) is 16.8 Å². The molecule has 4 heteroatoms. The molecule has 0 radical (unpaired) electrons. The molecule has 0 aliphatic heterocycles. The van der Waals surface area contributed by atoms with Crippen molar-refractivity contribution >= 4 is 12.0 Å². The second-order valence-corrected chi connectivity index (χ2v) is 6.57. The van der Waals surface area contributed by atoms with Gasteiger partial charge in [-0.15, -0.1) is 0 Å². The molecule has 28 heavy (non-hydrogen) atoms. The normalized spacial score (nSPS) is 17.9. The molecule has 1 aromatic heterocycles. The minimum atomic E-state index is 0.583. The number of hydrogen-bond acceptors (Lipinski definition) is 4. The van der Waals surface area contributed by atoms with Gasteiger partial charge in [0.1, 0.15) is 6.29 Å². The first kappa shape index (κ1) is 19.2. The van der Waals surface area contributed by atoms with Gasteiger partial charge >= 0.3 is 0 Å². The SMILES string of the molecule is C1=CC2C=CC1C2.Nc1cnc(-c2ccccc2)nc1.O=Cc1ccccc1. The van der Waals surface area contributed by atoms with Crippen molar-refractivity contribution in [2.45, 2.75) is 6.42 Å². The minimum Gasteiger partial charge on any atom is -0.396 e. The molecular weight excluding hydrogens is 346 g/mol. The van der Waals surface area contributed by atoms with E-state index in [0.29, 0.717) is 11.5 Å². The van der Waals surface area contributed by atoms with E-state index in [-0.39, 0.29) is 0 Å². The fraction of sp³-hybridized carbons (Fsp3) is 0.125. The Morgan fingerprint density at radius 3 is 1.68 bits per heavy atom. The van der Waals surface area contributed by atoms with E-state index >= 15 is 0 Å². The molecule has 0 saturated heterocycles. The van der Waals surface area contributed by atoms with E-state index in [1.807, 2.05) is 48.5 Å². The van der Waals surface area contributed by atoms with Crippen LogP contribution in [0.15, 0.2) is 97.4 Å². The van der Waals surface area contributed by atoms with E-state index in [4.69, 9.17) is 5.73 Å². The van der Waals surface area contributed by atoms with Crippen LogP contribution in [-0.2, 0) is 0 Å². The molecule has 2 N–H and O–H groups in total. The standard InChI is InChI=1S/C10H9N3.C7H6O.C7H8/c11-9-6-12-10(13-7-9)8-4-2-1-3-5-8;8-6-7-4-2-1-3-5-7;1-2-7-4-3-6(1)5-7/h1-7H,11H2;1-6H;1-4,6-7H,5H2. The number of allylic oxidation sites excluding steroid dienone is 4. The third-order valence-electron chi connectivity index (χ3n) is 4.39. The van der Waals surface area contributed by atoms with Crippen LogP contribution >= 0.6 is 0 Å². The lowest BCUT2D eigenvalue weighted by molar-refractivity contribution is 0.112. The van der Waals surface area contributed by atoms with Crippen LogP contribution in [0.2, 0.25) is 0 Å². The molecule has 2 aliphatic carbocycles. The van der Waals surface area contributed by atoms with Gasteiger partial charge in [-0.1, -0.05) is 85.0 Å². The van der Waals surface area contributed by atoms with Crippen LogP contribution in [0.5, 0.6) is 0 Å². The number of aldehydes is 1. The third kappa shape index (κ3) is 5.74. The summed E-state index contributed by atoms with van der Waals surface area (Å²) in [6.45, 7) is 0. The zero-order chi connectivity index (χ0) is 19.6. The molecule has 0 unspecified atom stereocenters. The molecule has 0 saturated carbocycles. The van der Waals surface area contributed by atoms with Gasteiger partial charge in [-0.2, -0.15) is 0 Å². The summed E-state index contributed by atoms with van der Waals surface area (Å²) in [5.74, 6) is 2.32. The predicted octanol–water partition coefficient (Wildman–Crippen LogP) is 4.97. The average molecular weight is 369 g/mol. The van der Waals surface area contributed by atoms with Gasteiger partial charge in [0.25, 0.3) is 0 Å². The zero-order valence-corrected chi connectivity index (χ0v) is 15.6. The third-order valence-corrected chi connectivity index (χ3v) is 4.39. The van der Waals surface area contributed by atoms with Crippen molar-refractivity contribution in [2.24, 2.45) is 11.8 Å². The maximum atomic E-state index is 10.0. The average Bonchev–Trinajstić information content (AvgIpc) is 3.43. The Bertz CT molecular complexity index is 891. The molecule has 4 nitrogen and oxygen atoms in total. The zero-order valence-electron chi connectivity index (χ0n) is 15.6. The molecule has 2 aromatic carbocycles. The molecule has 0 atom stereocenters. The predicted molar refractivity (Wildman–Crippen MR) is 114 cm³/mol. The quantitative estimate of drug-likeness (QED) is 0.511. The van der Waals surface area contributed by atoms with Gasteiger partial charge in [0.15, 0.2) is 5.82 Å². The van der Waals surface area contributed by atoms with Crippen molar-refractivity contribution in [3.05, 3.63) is 103 Å². The van der Waals surface area contributed by atoms with Crippen molar-refractivity contribution in [3.63, 3.8) is 0 Å². The van der Waals surface area contributed by atoms with Crippen molar-refractivity contribution in [1.29, 1.82) is 0 Å². The van der Waals surface area contributed by atoms with E-state index in [1.54, 1.807) is 24.5 Å². The Morgan fingerprint density at radius 1 is 0.786 bits per heavy atom. The van der Waals surface area contributed by atoms with E-state index in [9.17, 15) is 4.79 Å². The lowest BCUT2D eigenvalue weighted by Crippen LogP contribution is -1.91. The maximum absolute atomic E-state index is 10.0. The summed E-state index contributed by atoms with van der Waals surface area (Å²) >= 11 is 0. The van der Waals surface area contributed by atoms with Gasteiger partial charge in [0.05, 0.1) is 18.1 Å². The van der Waals surface area contributed by atoms with Crippen molar-refractivity contribution in [3.8, 4) is 11.4 Å². The highest BCUT2D eigenvalue weighted by Gasteiger charge is 2.19. The number of rotatable bonds is 2. The van der Waals surface area contributed by atoms with Crippen LogP contribution in [-0.4, -0.2) is 16.3 Å². The van der Waals surface area contributed by atoms with Gasteiger partial charge < -0.3 is 5.73 Å². The summed E-state index contributed by atoms with van der Waals surface area (Å²) in [4.78, 5) is 18.2. The number of carbonyl (C=O) groups is 1. The van der Waals surface area contributed by atoms with Crippen molar-refractivity contribution in [2.75, 3.05) is 5.73 Å². The molecular formula is C24H23N3O. The first-order valence-electron chi connectivity index (χ1n) is 9.24. The summed E-state index contributed by atoms with van der Waals surface area (Å²) in [5.41, 5.74) is 7.79. The fourth-order valence-corrected chi connectivity index (χ4v) is 2.93. The molecule has 0 fully saturated rings. The van der Waals surface area contributed by atoms with E-state index in [2.05, 4.69) is 34.3 Å². The maximum Gasteiger partial charge on any atom is 0.159 e. The number of nitrogen functional groups attached to an aromatic ring is 1. The van der Waals surface area contributed by atoms with Crippen LogP contribution in [0.25, 0.3) is 11.4 Å². The Balaban J connectivity index is 0.000000129.